The van der Waals surface area contributed by atoms with Crippen LogP contribution < -0.4 is 5.32 Å². The zero-order valence-corrected chi connectivity index (χ0v) is 20.3. The van der Waals surface area contributed by atoms with Crippen LogP contribution in [0.2, 0.25) is 0 Å². The van der Waals surface area contributed by atoms with Crippen molar-refractivity contribution < 1.29 is 28.0 Å². The highest BCUT2D eigenvalue weighted by Gasteiger charge is 2.36. The van der Waals surface area contributed by atoms with Crippen molar-refractivity contribution in [1.29, 1.82) is 0 Å². The molecule has 0 atom stereocenters. The molecular weight excluding hydrogens is 483 g/mol. The summed E-state index contributed by atoms with van der Waals surface area (Å²) >= 11 is 0. The molecule has 0 unspecified atom stereocenters. The Morgan fingerprint density at radius 3 is 2.86 bits per heavy atom. The van der Waals surface area contributed by atoms with Gasteiger partial charge < -0.3 is 24.2 Å². The predicted octanol–water partition coefficient (Wildman–Crippen LogP) is 3.60. The van der Waals surface area contributed by atoms with E-state index in [4.69, 9.17) is 14.0 Å². The first-order valence-electron chi connectivity index (χ1n) is 11.7. The molecule has 0 aliphatic carbocycles. The van der Waals surface area contributed by atoms with Crippen molar-refractivity contribution in [2.75, 3.05) is 38.8 Å². The number of amides is 2. The van der Waals surface area contributed by atoms with E-state index < -0.39 is 6.67 Å². The fourth-order valence-electron chi connectivity index (χ4n) is 4.04. The Bertz CT molecular complexity index is 1440. The molecule has 11 nitrogen and oxygen atoms in total. The topological polar surface area (TPSA) is 124 Å². The summed E-state index contributed by atoms with van der Waals surface area (Å²) in [7, 11) is 1.34. The second kappa shape index (κ2) is 10.3. The number of methoxy groups -OCH3 is 1. The molecule has 0 spiro atoms. The van der Waals surface area contributed by atoms with Crippen LogP contribution in [-0.2, 0) is 16.1 Å². The Kier molecular flexibility index (Phi) is 6.82. The number of aromatic nitrogens is 4. The van der Waals surface area contributed by atoms with Crippen LogP contribution in [0.5, 0.6) is 0 Å². The Hall–Kier alpha value is -4.32. The number of hydrogen-bond acceptors (Lipinski definition) is 8. The third-order valence-corrected chi connectivity index (χ3v) is 6.14. The maximum Gasteiger partial charge on any atom is 0.409 e. The van der Waals surface area contributed by atoms with Crippen molar-refractivity contribution in [3.8, 4) is 11.4 Å². The van der Waals surface area contributed by atoms with E-state index in [0.717, 1.165) is 11.1 Å². The first-order chi connectivity index (χ1) is 18.0. The molecule has 4 heterocycles. The van der Waals surface area contributed by atoms with Gasteiger partial charge in [0.25, 0.3) is 5.91 Å². The van der Waals surface area contributed by atoms with Gasteiger partial charge in [-0.1, -0.05) is 23.4 Å². The number of hydrogen-bond donors (Lipinski definition) is 1. The summed E-state index contributed by atoms with van der Waals surface area (Å²) in [5, 5.41) is 7.02. The molecular formula is C25H25FN6O5. The highest BCUT2D eigenvalue weighted by molar-refractivity contribution is 6.04. The van der Waals surface area contributed by atoms with Gasteiger partial charge in [0.15, 0.2) is 0 Å². The lowest BCUT2D eigenvalue weighted by Crippen LogP contribution is -2.48. The molecule has 5 rings (SSSR count). The zero-order chi connectivity index (χ0) is 25.9. The number of pyridine rings is 1. The van der Waals surface area contributed by atoms with Crippen LogP contribution in [0, 0.1) is 6.92 Å². The van der Waals surface area contributed by atoms with E-state index >= 15 is 0 Å². The molecule has 1 N–H and O–H groups in total. The molecule has 3 aromatic heterocycles. The van der Waals surface area contributed by atoms with E-state index in [1.807, 2.05) is 25.1 Å². The number of nitrogens with zero attached hydrogens (tertiary/aromatic N) is 5. The van der Waals surface area contributed by atoms with Gasteiger partial charge in [0.1, 0.15) is 18.0 Å². The summed E-state index contributed by atoms with van der Waals surface area (Å²) < 4.78 is 29.4. The molecule has 0 bridgehead atoms. The number of anilines is 1. The van der Waals surface area contributed by atoms with Crippen molar-refractivity contribution in [2.24, 2.45) is 0 Å². The number of carbonyl (C=O) groups excluding carboxylic acids is 2. The summed E-state index contributed by atoms with van der Waals surface area (Å²) in [5.74, 6) is 0.432. The van der Waals surface area contributed by atoms with Gasteiger partial charge in [-0.3, -0.25) is 9.20 Å². The van der Waals surface area contributed by atoms with Crippen LogP contribution in [-0.4, -0.2) is 69.9 Å². The average molecular weight is 509 g/mol. The number of rotatable bonds is 8. The van der Waals surface area contributed by atoms with Crippen molar-refractivity contribution in [3.05, 3.63) is 65.4 Å². The number of benzene rings is 1. The molecule has 1 saturated heterocycles. The molecule has 0 saturated carbocycles. The van der Waals surface area contributed by atoms with Crippen LogP contribution in [0.3, 0.4) is 0 Å². The van der Waals surface area contributed by atoms with E-state index in [1.165, 1.54) is 13.3 Å². The van der Waals surface area contributed by atoms with Crippen LogP contribution in [0.25, 0.3) is 17.0 Å². The second-order valence-corrected chi connectivity index (χ2v) is 8.66. The van der Waals surface area contributed by atoms with Crippen molar-refractivity contribution in [1.82, 2.24) is 24.4 Å². The van der Waals surface area contributed by atoms with Gasteiger partial charge in [-0.25, -0.2) is 14.2 Å². The largest absolute Gasteiger partial charge is 0.453 e. The van der Waals surface area contributed by atoms with Crippen molar-refractivity contribution in [2.45, 2.75) is 19.4 Å². The lowest BCUT2D eigenvalue weighted by atomic mass is 10.0. The summed E-state index contributed by atoms with van der Waals surface area (Å²) in [6.07, 6.45) is 2.86. The molecule has 192 valence electrons. The second-order valence-electron chi connectivity index (χ2n) is 8.66. The molecule has 0 radical (unpaired) electrons. The molecule has 12 heteroatoms. The number of halogens is 1. The number of likely N-dealkylation sites (tertiary alicyclic amines) is 1. The monoisotopic (exact) mass is 508 g/mol. The minimum absolute atomic E-state index is 0.0133. The fraction of sp³-hybridized carbons (Fsp3) is 0.320. The highest BCUT2D eigenvalue weighted by atomic mass is 19.1. The maximum absolute atomic E-state index is 13.2. The third kappa shape index (κ3) is 5.00. The zero-order valence-electron chi connectivity index (χ0n) is 20.3. The van der Waals surface area contributed by atoms with Gasteiger partial charge in [0.2, 0.25) is 11.7 Å². The lowest BCUT2D eigenvalue weighted by Gasteiger charge is -2.35. The quantitative estimate of drug-likeness (QED) is 0.358. The Balaban J connectivity index is 1.31. The molecule has 1 aromatic carbocycles. The standard InChI is InChI=1S/C25H25FN6O5/c1-15-3-5-17(22-29-24(37-30-22)18-12-31(13-18)25(34)35-2)9-19(15)28-23(33)20-10-27-21-6-4-16(11-32(20)21)14-36-8-7-26/h3-6,9-11,18H,7-8,12-14H2,1-2H3,(H,28,33). The first-order valence-corrected chi connectivity index (χ1v) is 11.7. The van der Waals surface area contributed by atoms with E-state index in [0.29, 0.717) is 47.4 Å². The third-order valence-electron chi connectivity index (χ3n) is 6.14. The Morgan fingerprint density at radius 2 is 2.08 bits per heavy atom. The lowest BCUT2D eigenvalue weighted by molar-refractivity contribution is 0.0804. The van der Waals surface area contributed by atoms with E-state index in [-0.39, 0.29) is 31.1 Å². The Morgan fingerprint density at radius 1 is 1.24 bits per heavy atom. The number of alkyl halides is 1. The number of aryl methyl sites for hydroxylation is 1. The van der Waals surface area contributed by atoms with Crippen molar-refractivity contribution in [3.63, 3.8) is 0 Å². The summed E-state index contributed by atoms with van der Waals surface area (Å²) in [4.78, 5) is 35.1. The Labute approximate surface area is 211 Å². The number of imidazole rings is 1. The highest BCUT2D eigenvalue weighted by Crippen LogP contribution is 2.29. The number of carbonyl (C=O) groups is 2. The normalized spacial score (nSPS) is 13.5. The smallest absolute Gasteiger partial charge is 0.409 e. The van der Waals surface area contributed by atoms with Gasteiger partial charge in [-0.15, -0.1) is 0 Å². The van der Waals surface area contributed by atoms with E-state index in [1.54, 1.807) is 27.6 Å². The van der Waals surface area contributed by atoms with Crippen molar-refractivity contribution >= 4 is 23.3 Å². The molecule has 4 aromatic rings. The van der Waals surface area contributed by atoms with Gasteiger partial charge in [0.05, 0.1) is 32.4 Å². The number of ether oxygens (including phenoxy) is 2. The predicted molar refractivity (Wildman–Crippen MR) is 130 cm³/mol. The molecule has 1 aliphatic rings. The van der Waals surface area contributed by atoms with Crippen LogP contribution in [0.4, 0.5) is 14.9 Å². The SMILES string of the molecule is COC(=O)N1CC(c2nc(-c3ccc(C)c(NC(=O)c4cnc5ccc(COCCF)cn45)c3)no2)C1. The molecule has 2 amide bonds. The van der Waals surface area contributed by atoms with Gasteiger partial charge >= 0.3 is 6.09 Å². The number of nitrogens with one attached hydrogen (secondary N) is 1. The van der Waals surface area contributed by atoms with Gasteiger partial charge in [-0.05, 0) is 30.2 Å². The first kappa shape index (κ1) is 24.4. The van der Waals surface area contributed by atoms with Crippen LogP contribution in [0.15, 0.2) is 47.2 Å². The minimum atomic E-state index is -0.556. The minimum Gasteiger partial charge on any atom is -0.453 e. The maximum atomic E-state index is 13.2. The summed E-state index contributed by atoms with van der Waals surface area (Å²) in [5.41, 5.74) is 3.85. The molecule has 1 aliphatic heterocycles. The van der Waals surface area contributed by atoms with E-state index in [9.17, 15) is 14.0 Å². The van der Waals surface area contributed by atoms with E-state index in [2.05, 4.69) is 20.4 Å². The number of fused-ring (bicyclic) bond motifs is 1. The van der Waals surface area contributed by atoms with Gasteiger partial charge in [0, 0.05) is 30.5 Å². The van der Waals surface area contributed by atoms with Crippen LogP contribution in [0.1, 0.15) is 33.4 Å². The summed E-state index contributed by atoms with van der Waals surface area (Å²) in [6.45, 7) is 2.47. The van der Waals surface area contributed by atoms with Crippen LogP contribution >= 0.6 is 0 Å². The fourth-order valence-corrected chi connectivity index (χ4v) is 4.04. The molecule has 1 fully saturated rings. The summed E-state index contributed by atoms with van der Waals surface area (Å²) in [6, 6.07) is 9.09. The average Bonchev–Trinajstić information content (AvgIpc) is 3.52. The molecule has 37 heavy (non-hydrogen) atoms. The van der Waals surface area contributed by atoms with Gasteiger partial charge in [-0.2, -0.15) is 4.98 Å².